The van der Waals surface area contributed by atoms with E-state index in [0.29, 0.717) is 0 Å². The number of benzene rings is 11. The van der Waals surface area contributed by atoms with Gasteiger partial charge in [0.2, 0.25) is 0 Å². The fourth-order valence-electron chi connectivity index (χ4n) is 10.4. The van der Waals surface area contributed by atoms with E-state index in [1.54, 1.807) is 0 Å². The Labute approximate surface area is 375 Å². The van der Waals surface area contributed by atoms with Crippen LogP contribution in [0.5, 0.6) is 0 Å². The highest BCUT2D eigenvalue weighted by Crippen LogP contribution is 2.52. The van der Waals surface area contributed by atoms with Gasteiger partial charge in [-0.25, -0.2) is 0 Å². The van der Waals surface area contributed by atoms with Crippen LogP contribution in [-0.4, -0.2) is 0 Å². The Morgan fingerprint density at radius 3 is 1.44 bits per heavy atom. The molecule has 12 rings (SSSR count). The Morgan fingerprint density at radius 2 is 0.734 bits per heavy atom. The summed E-state index contributed by atoms with van der Waals surface area (Å²) in [6, 6.07) is 87.1. The molecule has 1 heteroatoms. The van der Waals surface area contributed by atoms with E-state index in [4.69, 9.17) is 0 Å². The molecule has 1 aliphatic carbocycles. The summed E-state index contributed by atoms with van der Waals surface area (Å²) in [6.07, 6.45) is 0. The average Bonchev–Trinajstić information content (AvgIpc) is 3.60. The molecule has 0 saturated heterocycles. The number of rotatable bonds is 7. The summed E-state index contributed by atoms with van der Waals surface area (Å²) in [5.41, 5.74) is 18.5. The highest BCUT2D eigenvalue weighted by molar-refractivity contribution is 6.12. The molecule has 1 aliphatic rings. The zero-order chi connectivity index (χ0) is 42.8. The van der Waals surface area contributed by atoms with Crippen LogP contribution in [0.15, 0.2) is 237 Å². The summed E-state index contributed by atoms with van der Waals surface area (Å²) in [5.74, 6) is 0. The minimum atomic E-state index is -0.0926. The van der Waals surface area contributed by atoms with Crippen molar-refractivity contribution in [1.29, 1.82) is 0 Å². The van der Waals surface area contributed by atoms with Crippen LogP contribution in [0.1, 0.15) is 25.0 Å². The number of hydrogen-bond acceptors (Lipinski definition) is 1. The minimum absolute atomic E-state index is 0.0926. The lowest BCUT2D eigenvalue weighted by molar-refractivity contribution is 0.662. The lowest BCUT2D eigenvalue weighted by Gasteiger charge is -2.27. The fraction of sp³-hybridized carbons (Fsp3) is 0.0476. The second kappa shape index (κ2) is 15.1. The van der Waals surface area contributed by atoms with Crippen molar-refractivity contribution in [2.45, 2.75) is 19.3 Å². The van der Waals surface area contributed by atoms with Crippen molar-refractivity contribution in [2.24, 2.45) is 0 Å². The topological polar surface area (TPSA) is 3.24 Å². The van der Waals surface area contributed by atoms with Crippen LogP contribution in [0.4, 0.5) is 17.1 Å². The van der Waals surface area contributed by atoms with E-state index in [1.165, 1.54) is 99.1 Å². The first-order chi connectivity index (χ1) is 31.5. The van der Waals surface area contributed by atoms with E-state index in [-0.39, 0.29) is 5.41 Å². The van der Waals surface area contributed by atoms with Crippen LogP contribution < -0.4 is 4.90 Å². The van der Waals surface area contributed by atoms with E-state index in [2.05, 4.69) is 255 Å². The quantitative estimate of drug-likeness (QED) is 0.145. The van der Waals surface area contributed by atoms with Crippen LogP contribution >= 0.6 is 0 Å². The van der Waals surface area contributed by atoms with Gasteiger partial charge in [0.1, 0.15) is 0 Å². The highest BCUT2D eigenvalue weighted by atomic mass is 15.1. The van der Waals surface area contributed by atoms with Crippen LogP contribution in [0.25, 0.3) is 88.0 Å². The second-order valence-corrected chi connectivity index (χ2v) is 17.7. The fourth-order valence-corrected chi connectivity index (χ4v) is 10.4. The van der Waals surface area contributed by atoms with E-state index in [9.17, 15) is 0 Å². The van der Waals surface area contributed by atoms with E-state index in [0.717, 1.165) is 17.1 Å². The average molecular weight is 816 g/mol. The van der Waals surface area contributed by atoms with E-state index < -0.39 is 0 Å². The molecule has 0 saturated carbocycles. The zero-order valence-corrected chi connectivity index (χ0v) is 36.0. The second-order valence-electron chi connectivity index (χ2n) is 17.7. The first-order valence-electron chi connectivity index (χ1n) is 22.3. The molecule has 64 heavy (non-hydrogen) atoms. The predicted molar refractivity (Wildman–Crippen MR) is 273 cm³/mol. The molecule has 0 aromatic heterocycles. The molecule has 0 radical (unpaired) electrons. The molecule has 0 bridgehead atoms. The molecule has 0 spiro atoms. The van der Waals surface area contributed by atoms with Gasteiger partial charge in [0.05, 0.1) is 0 Å². The van der Waals surface area contributed by atoms with Crippen molar-refractivity contribution >= 4 is 49.4 Å². The number of fused-ring (bicyclic) bond motifs is 7. The smallest absolute Gasteiger partial charge is 0.0462 e. The Balaban J connectivity index is 0.908. The molecule has 0 heterocycles. The van der Waals surface area contributed by atoms with E-state index in [1.807, 2.05) is 0 Å². The first kappa shape index (κ1) is 37.7. The van der Waals surface area contributed by atoms with Crippen molar-refractivity contribution in [3.63, 3.8) is 0 Å². The van der Waals surface area contributed by atoms with Gasteiger partial charge in [-0.15, -0.1) is 0 Å². The van der Waals surface area contributed by atoms with Crippen molar-refractivity contribution in [3.8, 4) is 55.6 Å². The maximum Gasteiger partial charge on any atom is 0.0462 e. The largest absolute Gasteiger partial charge is 0.311 e. The van der Waals surface area contributed by atoms with Crippen molar-refractivity contribution in [3.05, 3.63) is 248 Å². The predicted octanol–water partition coefficient (Wildman–Crippen LogP) is 17.6. The van der Waals surface area contributed by atoms with Gasteiger partial charge in [0.15, 0.2) is 0 Å². The number of nitrogens with zero attached hydrogens (tertiary/aromatic N) is 1. The first-order valence-corrected chi connectivity index (χ1v) is 22.3. The van der Waals surface area contributed by atoms with Gasteiger partial charge in [-0.3, -0.25) is 0 Å². The summed E-state index contributed by atoms with van der Waals surface area (Å²) >= 11 is 0. The van der Waals surface area contributed by atoms with Crippen LogP contribution in [0.3, 0.4) is 0 Å². The molecule has 0 unspecified atom stereocenters. The molecule has 302 valence electrons. The molecule has 0 N–H and O–H groups in total. The van der Waals surface area contributed by atoms with Gasteiger partial charge < -0.3 is 4.90 Å². The van der Waals surface area contributed by atoms with Gasteiger partial charge >= 0.3 is 0 Å². The molecule has 0 amide bonds. The highest BCUT2D eigenvalue weighted by Gasteiger charge is 2.37. The van der Waals surface area contributed by atoms with E-state index >= 15 is 0 Å². The summed E-state index contributed by atoms with van der Waals surface area (Å²) in [7, 11) is 0. The zero-order valence-electron chi connectivity index (χ0n) is 36.0. The van der Waals surface area contributed by atoms with Crippen LogP contribution in [0, 0.1) is 0 Å². The molecule has 1 nitrogen and oxygen atoms in total. The maximum atomic E-state index is 2.38. The molecule has 0 atom stereocenters. The summed E-state index contributed by atoms with van der Waals surface area (Å²) in [5, 5.41) is 7.61. The summed E-state index contributed by atoms with van der Waals surface area (Å²) in [6.45, 7) is 4.73. The molecule has 0 fully saturated rings. The van der Waals surface area contributed by atoms with Crippen molar-refractivity contribution in [2.75, 3.05) is 4.90 Å². The third-order valence-corrected chi connectivity index (χ3v) is 13.7. The maximum absolute atomic E-state index is 2.38. The van der Waals surface area contributed by atoms with Gasteiger partial charge in [0, 0.05) is 22.5 Å². The van der Waals surface area contributed by atoms with Gasteiger partial charge in [-0.2, -0.15) is 0 Å². The third-order valence-electron chi connectivity index (χ3n) is 13.7. The normalized spacial score (nSPS) is 12.7. The molecule has 0 aliphatic heterocycles. The molecular weight excluding hydrogens is 771 g/mol. The summed E-state index contributed by atoms with van der Waals surface area (Å²) < 4.78 is 0. The molecule has 11 aromatic rings. The monoisotopic (exact) mass is 815 g/mol. The van der Waals surface area contributed by atoms with Gasteiger partial charge in [-0.1, -0.05) is 208 Å². The molecular formula is C63H45N. The lowest BCUT2D eigenvalue weighted by Crippen LogP contribution is -2.16. The Bertz CT molecular complexity index is 3540. The third kappa shape index (κ3) is 6.31. The van der Waals surface area contributed by atoms with Gasteiger partial charge in [-0.05, 0) is 142 Å². The van der Waals surface area contributed by atoms with Crippen LogP contribution in [-0.2, 0) is 5.41 Å². The van der Waals surface area contributed by atoms with Crippen molar-refractivity contribution in [1.82, 2.24) is 0 Å². The minimum Gasteiger partial charge on any atom is -0.311 e. The van der Waals surface area contributed by atoms with Gasteiger partial charge in [0.25, 0.3) is 0 Å². The number of anilines is 3. The lowest BCUT2D eigenvalue weighted by atomic mass is 9.79. The number of hydrogen-bond donors (Lipinski definition) is 0. The summed E-state index contributed by atoms with van der Waals surface area (Å²) in [4.78, 5) is 2.38. The molecule has 11 aromatic carbocycles. The van der Waals surface area contributed by atoms with Crippen LogP contribution in [0.2, 0.25) is 0 Å². The van der Waals surface area contributed by atoms with Crippen molar-refractivity contribution < 1.29 is 0 Å². The SMILES string of the molecule is CC1(C)c2ccccc2-c2cccc(-c3ccc(N(c4ccc(-c5ccc(-c6ccc7ccccc7c6)cc5)cc4)c4ccc(-c5cccc6c5ccc5ccccc56)cc4)cc3)c21. The standard InChI is InChI=1S/C63H45N/c1-63(2)61-20-8-7-15-59(61)60-19-10-17-56(62(60)63)48-31-38-53(39-32-48)64(52-36-29-47(30-37-52)55-16-9-18-57-54-14-6-5-12-46(54)33-40-58(55)57)51-34-27-44(28-35-51)43-21-23-45(24-22-43)50-26-25-42-11-3-4-13-49(42)41-50/h3-41H,1-2H3. The Hall–Kier alpha value is -8.00. The Kier molecular flexibility index (Phi) is 8.91. The Morgan fingerprint density at radius 1 is 0.281 bits per heavy atom.